The van der Waals surface area contributed by atoms with Crippen LogP contribution in [0.2, 0.25) is 0 Å². The van der Waals surface area contributed by atoms with E-state index < -0.39 is 0 Å². The Morgan fingerprint density at radius 2 is 2.10 bits per heavy atom. The summed E-state index contributed by atoms with van der Waals surface area (Å²) in [6.07, 6.45) is 8.32. The molecule has 0 N–H and O–H groups in total. The van der Waals surface area contributed by atoms with Crippen molar-refractivity contribution in [2.24, 2.45) is 17.8 Å². The Kier molecular flexibility index (Phi) is 6.69. The van der Waals surface area contributed by atoms with Crippen molar-refractivity contribution < 1.29 is 9.53 Å². The maximum atomic E-state index is 12.3. The van der Waals surface area contributed by atoms with Crippen molar-refractivity contribution in [2.45, 2.75) is 64.8 Å². The van der Waals surface area contributed by atoms with Crippen LogP contribution in [-0.4, -0.2) is 43.5 Å². The van der Waals surface area contributed by atoms with Crippen LogP contribution in [0.1, 0.15) is 58.8 Å². The average Bonchev–Trinajstić information content (AvgIpc) is 3.31. The molecule has 21 heavy (non-hydrogen) atoms. The fraction of sp³-hybridized carbons (Fsp3) is 0.944. The third-order valence-electron chi connectivity index (χ3n) is 5.49. The minimum absolute atomic E-state index is 0.272. The molecule has 0 radical (unpaired) electrons. The van der Waals surface area contributed by atoms with Crippen LogP contribution in [0.4, 0.5) is 0 Å². The molecule has 3 unspecified atom stereocenters. The molecule has 3 atom stereocenters. The van der Waals surface area contributed by atoms with Crippen LogP contribution >= 0.6 is 0 Å². The lowest BCUT2D eigenvalue weighted by atomic mass is 9.78. The Bertz CT molecular complexity index is 327. The van der Waals surface area contributed by atoms with E-state index in [1.165, 1.54) is 25.7 Å². The van der Waals surface area contributed by atoms with E-state index in [-0.39, 0.29) is 5.92 Å². The number of methoxy groups -OCH3 is 1. The monoisotopic (exact) mass is 295 g/mol. The van der Waals surface area contributed by atoms with Crippen molar-refractivity contribution in [3.63, 3.8) is 0 Å². The maximum absolute atomic E-state index is 12.3. The van der Waals surface area contributed by atoms with E-state index in [4.69, 9.17) is 4.74 Å². The van der Waals surface area contributed by atoms with Gasteiger partial charge in [0.05, 0.1) is 6.61 Å². The van der Waals surface area contributed by atoms with Crippen LogP contribution in [0.25, 0.3) is 0 Å². The highest BCUT2D eigenvalue weighted by Crippen LogP contribution is 2.36. The molecule has 0 saturated heterocycles. The van der Waals surface area contributed by atoms with Gasteiger partial charge in [0.2, 0.25) is 0 Å². The van der Waals surface area contributed by atoms with Gasteiger partial charge in [0.25, 0.3) is 0 Å². The molecule has 3 nitrogen and oxygen atoms in total. The molecule has 0 aromatic heterocycles. The van der Waals surface area contributed by atoms with Gasteiger partial charge in [-0.15, -0.1) is 0 Å². The van der Waals surface area contributed by atoms with E-state index in [1.54, 1.807) is 7.11 Å². The average molecular weight is 295 g/mol. The lowest BCUT2D eigenvalue weighted by Gasteiger charge is -2.35. The predicted octanol–water partition coefficient (Wildman–Crippen LogP) is 3.52. The van der Waals surface area contributed by atoms with Crippen LogP contribution in [0.15, 0.2) is 0 Å². The molecule has 2 rings (SSSR count). The molecule has 3 heteroatoms. The van der Waals surface area contributed by atoms with Gasteiger partial charge in [0.15, 0.2) is 0 Å². The standard InChI is InChI=1S/C18H33NO2/c1-4-5-15-6-9-18(20)17(12-15)13-19(10-11-21-3)14(2)16-7-8-16/h14-17H,4-13H2,1-3H3. The van der Waals surface area contributed by atoms with Crippen molar-refractivity contribution in [3.8, 4) is 0 Å². The lowest BCUT2D eigenvalue weighted by molar-refractivity contribution is -0.126. The Morgan fingerprint density at radius 1 is 1.33 bits per heavy atom. The molecule has 2 fully saturated rings. The van der Waals surface area contributed by atoms with Crippen molar-refractivity contribution >= 4 is 5.78 Å². The molecule has 0 bridgehead atoms. The van der Waals surface area contributed by atoms with Gasteiger partial charge in [0.1, 0.15) is 5.78 Å². The second-order valence-electron chi connectivity index (χ2n) is 7.16. The first-order valence-electron chi connectivity index (χ1n) is 8.91. The van der Waals surface area contributed by atoms with Gasteiger partial charge in [0, 0.05) is 38.6 Å². The molecule has 0 spiro atoms. The predicted molar refractivity (Wildman–Crippen MR) is 86.4 cm³/mol. The molecule has 2 saturated carbocycles. The Morgan fingerprint density at radius 3 is 2.71 bits per heavy atom. The number of carbonyl (C=O) groups is 1. The molecular weight excluding hydrogens is 262 g/mol. The minimum atomic E-state index is 0.272. The number of ether oxygens (including phenoxy) is 1. The number of hydrogen-bond donors (Lipinski definition) is 0. The largest absolute Gasteiger partial charge is 0.383 e. The lowest BCUT2D eigenvalue weighted by Crippen LogP contribution is -2.43. The van der Waals surface area contributed by atoms with Gasteiger partial charge < -0.3 is 4.74 Å². The van der Waals surface area contributed by atoms with Crippen molar-refractivity contribution in [1.29, 1.82) is 0 Å². The SMILES string of the molecule is CCCC1CCC(=O)C(CN(CCOC)C(C)C2CC2)C1. The molecule has 0 aromatic carbocycles. The van der Waals surface area contributed by atoms with E-state index in [1.807, 2.05) is 0 Å². The molecule has 0 aromatic rings. The number of nitrogens with zero attached hydrogens (tertiary/aromatic N) is 1. The number of hydrogen-bond acceptors (Lipinski definition) is 3. The Balaban J connectivity index is 1.91. The topological polar surface area (TPSA) is 29.5 Å². The number of carbonyl (C=O) groups excluding carboxylic acids is 1. The molecule has 0 heterocycles. The molecule has 122 valence electrons. The molecule has 2 aliphatic carbocycles. The quantitative estimate of drug-likeness (QED) is 0.652. The van der Waals surface area contributed by atoms with E-state index in [9.17, 15) is 4.79 Å². The summed E-state index contributed by atoms with van der Waals surface area (Å²) < 4.78 is 5.27. The summed E-state index contributed by atoms with van der Waals surface area (Å²) in [5, 5.41) is 0. The molecule has 2 aliphatic rings. The third kappa shape index (κ3) is 5.07. The van der Waals surface area contributed by atoms with Gasteiger partial charge in [-0.2, -0.15) is 0 Å². The Hall–Kier alpha value is -0.410. The van der Waals surface area contributed by atoms with Crippen LogP contribution in [0, 0.1) is 17.8 Å². The highest BCUT2D eigenvalue weighted by molar-refractivity contribution is 5.82. The summed E-state index contributed by atoms with van der Waals surface area (Å²) in [7, 11) is 1.77. The van der Waals surface area contributed by atoms with E-state index in [0.29, 0.717) is 11.8 Å². The van der Waals surface area contributed by atoms with Gasteiger partial charge in [-0.05, 0) is 44.4 Å². The number of ketones is 1. The summed E-state index contributed by atoms with van der Waals surface area (Å²) in [6, 6.07) is 0.611. The van der Waals surface area contributed by atoms with Crippen LogP contribution in [0.3, 0.4) is 0 Å². The number of Topliss-reactive ketones (excluding diaryl/α,β-unsaturated/α-hetero) is 1. The highest BCUT2D eigenvalue weighted by Gasteiger charge is 2.35. The van der Waals surface area contributed by atoms with Gasteiger partial charge in [-0.3, -0.25) is 9.69 Å². The number of rotatable bonds is 9. The first kappa shape index (κ1) is 17.0. The van der Waals surface area contributed by atoms with Gasteiger partial charge in [-0.25, -0.2) is 0 Å². The van der Waals surface area contributed by atoms with Crippen LogP contribution < -0.4 is 0 Å². The highest BCUT2D eigenvalue weighted by atomic mass is 16.5. The van der Waals surface area contributed by atoms with Crippen molar-refractivity contribution in [1.82, 2.24) is 4.90 Å². The van der Waals surface area contributed by atoms with E-state index in [0.717, 1.165) is 50.8 Å². The normalized spacial score (nSPS) is 28.1. The van der Waals surface area contributed by atoms with E-state index >= 15 is 0 Å². The Labute approximate surface area is 130 Å². The zero-order valence-electron chi connectivity index (χ0n) is 14.1. The second-order valence-corrected chi connectivity index (χ2v) is 7.16. The van der Waals surface area contributed by atoms with Gasteiger partial charge in [-0.1, -0.05) is 19.8 Å². The summed E-state index contributed by atoms with van der Waals surface area (Å²) in [6.45, 7) is 7.29. The zero-order valence-corrected chi connectivity index (χ0v) is 14.1. The summed E-state index contributed by atoms with van der Waals surface area (Å²) in [4.78, 5) is 14.8. The molecule has 0 amide bonds. The van der Waals surface area contributed by atoms with Crippen LogP contribution in [-0.2, 0) is 9.53 Å². The van der Waals surface area contributed by atoms with Crippen molar-refractivity contribution in [3.05, 3.63) is 0 Å². The molecule has 0 aliphatic heterocycles. The fourth-order valence-electron chi connectivity index (χ4n) is 3.88. The zero-order chi connectivity index (χ0) is 15.2. The third-order valence-corrected chi connectivity index (χ3v) is 5.49. The second kappa shape index (κ2) is 8.28. The fourth-order valence-corrected chi connectivity index (χ4v) is 3.88. The summed E-state index contributed by atoms with van der Waals surface area (Å²) in [5.41, 5.74) is 0. The van der Waals surface area contributed by atoms with Crippen molar-refractivity contribution in [2.75, 3.05) is 26.8 Å². The molecular formula is C18H33NO2. The maximum Gasteiger partial charge on any atom is 0.137 e. The summed E-state index contributed by atoms with van der Waals surface area (Å²) >= 11 is 0. The summed E-state index contributed by atoms with van der Waals surface area (Å²) in [5.74, 6) is 2.41. The van der Waals surface area contributed by atoms with E-state index in [2.05, 4.69) is 18.7 Å². The minimum Gasteiger partial charge on any atom is -0.383 e. The smallest absolute Gasteiger partial charge is 0.137 e. The first-order chi connectivity index (χ1) is 10.2. The van der Waals surface area contributed by atoms with Crippen LogP contribution in [0.5, 0.6) is 0 Å². The van der Waals surface area contributed by atoms with Gasteiger partial charge >= 0.3 is 0 Å². The first-order valence-corrected chi connectivity index (χ1v) is 8.91.